The van der Waals surface area contributed by atoms with Crippen LogP contribution < -0.4 is 11.0 Å². The molecule has 0 aromatic carbocycles. The van der Waals surface area contributed by atoms with Gasteiger partial charge in [-0.05, 0) is 31.6 Å². The summed E-state index contributed by atoms with van der Waals surface area (Å²) in [4.78, 5) is 34.4. The van der Waals surface area contributed by atoms with Crippen molar-refractivity contribution < 1.29 is 4.79 Å². The predicted molar refractivity (Wildman–Crippen MR) is 95.6 cm³/mol. The molecule has 23 heavy (non-hydrogen) atoms. The van der Waals surface area contributed by atoms with Crippen molar-refractivity contribution in [2.45, 2.75) is 26.7 Å². The molecule has 0 fully saturated rings. The van der Waals surface area contributed by atoms with Gasteiger partial charge >= 0.3 is 0 Å². The second-order valence-electron chi connectivity index (χ2n) is 4.98. The summed E-state index contributed by atoms with van der Waals surface area (Å²) in [5.74, 6) is -0.285. The molecule has 0 spiro atoms. The number of amides is 1. The summed E-state index contributed by atoms with van der Waals surface area (Å²) in [6.45, 7) is 3.89. The number of carbonyl (C=O) groups is 1. The molecule has 3 aromatic heterocycles. The number of aromatic amines is 1. The van der Waals surface area contributed by atoms with Gasteiger partial charge in [0.05, 0.1) is 11.8 Å². The van der Waals surface area contributed by atoms with Crippen LogP contribution in [0.2, 0.25) is 0 Å². The molecule has 0 atom stereocenters. The Morgan fingerprint density at radius 1 is 1.48 bits per heavy atom. The van der Waals surface area contributed by atoms with Crippen LogP contribution in [0.25, 0.3) is 10.2 Å². The quantitative estimate of drug-likeness (QED) is 0.696. The standard InChI is InChI=1S/C14H14N4O2S3/c1-3-8-4-9-12(22-8)15-6-18(13(9)20)17-11(19)5-10-7(2)16-14(21)23-10/h4,6H,3,5H2,1-2H3,(H,16,21)(H,17,19). The minimum absolute atomic E-state index is 0.165. The van der Waals surface area contributed by atoms with Crippen molar-refractivity contribution in [2.75, 3.05) is 5.43 Å². The Morgan fingerprint density at radius 3 is 2.91 bits per heavy atom. The van der Waals surface area contributed by atoms with E-state index in [2.05, 4.69) is 15.4 Å². The van der Waals surface area contributed by atoms with Gasteiger partial charge in [-0.3, -0.25) is 15.0 Å². The highest BCUT2D eigenvalue weighted by atomic mass is 32.1. The van der Waals surface area contributed by atoms with Crippen molar-refractivity contribution in [2.24, 2.45) is 0 Å². The van der Waals surface area contributed by atoms with Gasteiger partial charge in [-0.25, -0.2) is 9.66 Å². The van der Waals surface area contributed by atoms with Gasteiger partial charge in [0, 0.05) is 15.4 Å². The fourth-order valence-electron chi connectivity index (χ4n) is 2.15. The first kappa shape index (κ1) is 16.0. The Kier molecular flexibility index (Phi) is 4.42. The first-order valence-corrected chi connectivity index (χ1v) is 9.00. The first-order chi connectivity index (χ1) is 11.0. The van der Waals surface area contributed by atoms with E-state index in [1.165, 1.54) is 29.0 Å². The van der Waals surface area contributed by atoms with E-state index in [0.717, 1.165) is 26.5 Å². The monoisotopic (exact) mass is 366 g/mol. The number of nitrogens with zero attached hydrogens (tertiary/aromatic N) is 2. The molecule has 0 aliphatic carbocycles. The maximum absolute atomic E-state index is 12.4. The lowest BCUT2D eigenvalue weighted by molar-refractivity contribution is -0.116. The summed E-state index contributed by atoms with van der Waals surface area (Å²) >= 11 is 7.92. The van der Waals surface area contributed by atoms with Crippen LogP contribution in [-0.4, -0.2) is 20.6 Å². The third-order valence-corrected chi connectivity index (χ3v) is 5.87. The molecule has 3 heterocycles. The third-order valence-electron chi connectivity index (χ3n) is 3.34. The number of rotatable bonds is 4. The number of hydrogen-bond acceptors (Lipinski definition) is 6. The first-order valence-electron chi connectivity index (χ1n) is 6.96. The molecule has 1 amide bonds. The summed E-state index contributed by atoms with van der Waals surface area (Å²) < 4.78 is 1.77. The number of hydrogen-bond donors (Lipinski definition) is 2. The van der Waals surface area contributed by atoms with Crippen molar-refractivity contribution in [1.29, 1.82) is 0 Å². The van der Waals surface area contributed by atoms with Crippen LogP contribution in [0.4, 0.5) is 0 Å². The Bertz CT molecular complexity index is 996. The zero-order valence-corrected chi connectivity index (χ0v) is 15.0. The van der Waals surface area contributed by atoms with Crippen LogP contribution in [-0.2, 0) is 17.6 Å². The number of H-pyrrole nitrogens is 1. The van der Waals surface area contributed by atoms with Crippen molar-refractivity contribution in [3.05, 3.63) is 42.1 Å². The molecule has 0 aliphatic heterocycles. The highest BCUT2D eigenvalue weighted by Crippen LogP contribution is 2.20. The van der Waals surface area contributed by atoms with Gasteiger partial charge < -0.3 is 4.98 Å². The van der Waals surface area contributed by atoms with E-state index < -0.39 is 0 Å². The highest BCUT2D eigenvalue weighted by molar-refractivity contribution is 7.73. The van der Waals surface area contributed by atoms with Gasteiger partial charge in [0.1, 0.15) is 11.2 Å². The molecule has 3 rings (SSSR count). The van der Waals surface area contributed by atoms with E-state index in [1.54, 1.807) is 0 Å². The molecule has 120 valence electrons. The second-order valence-corrected chi connectivity index (χ2v) is 7.87. The number of fused-ring (bicyclic) bond motifs is 1. The summed E-state index contributed by atoms with van der Waals surface area (Å²) in [6.07, 6.45) is 2.37. The molecule has 0 unspecified atom stereocenters. The lowest BCUT2D eigenvalue weighted by Gasteiger charge is -2.06. The SMILES string of the molecule is CCc1cc2c(=O)n(NC(=O)Cc3sc(=S)[nH]c3C)cnc2s1. The zero-order valence-electron chi connectivity index (χ0n) is 12.5. The van der Waals surface area contributed by atoms with Crippen LogP contribution in [0, 0.1) is 10.9 Å². The van der Waals surface area contributed by atoms with Gasteiger partial charge in [-0.1, -0.05) is 6.92 Å². The van der Waals surface area contributed by atoms with E-state index in [-0.39, 0.29) is 17.9 Å². The second kappa shape index (κ2) is 6.34. The number of aryl methyl sites for hydroxylation is 2. The summed E-state index contributed by atoms with van der Waals surface area (Å²) in [6, 6.07) is 1.83. The Labute approximate surface area is 144 Å². The van der Waals surface area contributed by atoms with Crippen molar-refractivity contribution >= 4 is 51.0 Å². The van der Waals surface area contributed by atoms with Gasteiger partial charge in [0.2, 0.25) is 5.91 Å². The predicted octanol–water partition coefficient (Wildman–Crippen LogP) is 2.76. The molecule has 0 radical (unpaired) electrons. The van der Waals surface area contributed by atoms with Gasteiger partial charge in [0.15, 0.2) is 3.95 Å². The summed E-state index contributed by atoms with van der Waals surface area (Å²) in [5, 5.41) is 0.531. The van der Waals surface area contributed by atoms with E-state index in [4.69, 9.17) is 12.2 Å². The molecule has 3 aromatic rings. The van der Waals surface area contributed by atoms with Crippen molar-refractivity contribution in [3.8, 4) is 0 Å². The summed E-state index contributed by atoms with van der Waals surface area (Å²) in [7, 11) is 0. The molecule has 9 heteroatoms. The maximum Gasteiger partial charge on any atom is 0.280 e. The minimum Gasteiger partial charge on any atom is -0.341 e. The van der Waals surface area contributed by atoms with Gasteiger partial charge in [0.25, 0.3) is 5.56 Å². The average molecular weight is 366 g/mol. The highest BCUT2D eigenvalue weighted by Gasteiger charge is 2.12. The normalized spacial score (nSPS) is 11.0. The molecule has 0 saturated carbocycles. The topological polar surface area (TPSA) is 79.8 Å². The van der Waals surface area contributed by atoms with Crippen LogP contribution in [0.15, 0.2) is 17.2 Å². The largest absolute Gasteiger partial charge is 0.341 e. The van der Waals surface area contributed by atoms with E-state index in [0.29, 0.717) is 14.2 Å². The van der Waals surface area contributed by atoms with Gasteiger partial charge in [-0.15, -0.1) is 22.7 Å². The van der Waals surface area contributed by atoms with Crippen molar-refractivity contribution in [1.82, 2.24) is 14.6 Å². The smallest absolute Gasteiger partial charge is 0.280 e. The van der Waals surface area contributed by atoms with E-state index in [9.17, 15) is 9.59 Å². The van der Waals surface area contributed by atoms with Crippen LogP contribution in [0.3, 0.4) is 0 Å². The zero-order chi connectivity index (χ0) is 16.6. The molecular weight excluding hydrogens is 352 g/mol. The third kappa shape index (κ3) is 3.26. The lowest BCUT2D eigenvalue weighted by atomic mass is 10.3. The summed E-state index contributed by atoms with van der Waals surface area (Å²) in [5.41, 5.74) is 3.19. The van der Waals surface area contributed by atoms with Crippen LogP contribution >= 0.6 is 34.9 Å². The van der Waals surface area contributed by atoms with E-state index >= 15 is 0 Å². The Hall–Kier alpha value is -1.84. The van der Waals surface area contributed by atoms with Crippen LogP contribution in [0.1, 0.15) is 22.4 Å². The number of carbonyl (C=O) groups excluding carboxylic acids is 1. The molecule has 0 aliphatic rings. The molecule has 0 saturated heterocycles. The Balaban J connectivity index is 1.84. The van der Waals surface area contributed by atoms with Crippen LogP contribution in [0.5, 0.6) is 0 Å². The fraction of sp³-hybridized carbons (Fsp3) is 0.286. The van der Waals surface area contributed by atoms with E-state index in [1.807, 2.05) is 19.9 Å². The lowest BCUT2D eigenvalue weighted by Crippen LogP contribution is -2.33. The Morgan fingerprint density at radius 2 is 2.26 bits per heavy atom. The molecular formula is C14H14N4O2S3. The maximum atomic E-state index is 12.4. The molecule has 0 bridgehead atoms. The number of aromatic nitrogens is 3. The number of nitrogens with one attached hydrogen (secondary N) is 2. The molecule has 2 N–H and O–H groups in total. The minimum atomic E-state index is -0.285. The fourth-order valence-corrected chi connectivity index (χ4v) is 4.37. The average Bonchev–Trinajstić information content (AvgIpc) is 3.06. The number of thiazole rings is 1. The van der Waals surface area contributed by atoms with Crippen molar-refractivity contribution in [3.63, 3.8) is 0 Å². The number of thiophene rings is 1. The molecule has 6 nitrogen and oxygen atoms in total. The van der Waals surface area contributed by atoms with Gasteiger partial charge in [-0.2, -0.15) is 0 Å².